The highest BCUT2D eigenvalue weighted by molar-refractivity contribution is 7.18. The van der Waals surface area contributed by atoms with Crippen LogP contribution in [0.3, 0.4) is 0 Å². The molecule has 1 saturated heterocycles. The fraction of sp³-hybridized carbons (Fsp3) is 0.733. The molecule has 3 rings (SSSR count). The van der Waals surface area contributed by atoms with E-state index in [0.717, 1.165) is 24.8 Å². The minimum atomic E-state index is -0.0606. The number of hydrogen-bond acceptors (Lipinski definition) is 5. The first kappa shape index (κ1) is 14.6. The minimum Gasteiger partial charge on any atom is -0.382 e. The van der Waals surface area contributed by atoms with Gasteiger partial charge in [0.1, 0.15) is 10.7 Å². The van der Waals surface area contributed by atoms with Crippen LogP contribution in [0.5, 0.6) is 0 Å². The van der Waals surface area contributed by atoms with E-state index in [1.165, 1.54) is 43.4 Å². The number of carbonyl (C=O) groups excluding carboxylic acids is 1. The van der Waals surface area contributed by atoms with Crippen LogP contribution >= 0.6 is 11.3 Å². The van der Waals surface area contributed by atoms with Gasteiger partial charge in [0.05, 0.1) is 0 Å². The lowest BCUT2D eigenvalue weighted by atomic mass is 9.98. The summed E-state index contributed by atoms with van der Waals surface area (Å²) in [6.45, 7) is 5.08. The predicted molar refractivity (Wildman–Crippen MR) is 86.8 cm³/mol. The van der Waals surface area contributed by atoms with E-state index >= 15 is 0 Å². The van der Waals surface area contributed by atoms with Crippen LogP contribution in [0.1, 0.15) is 48.7 Å². The van der Waals surface area contributed by atoms with Crippen molar-refractivity contribution < 1.29 is 4.79 Å². The number of carbonyl (C=O) groups is 1. The van der Waals surface area contributed by atoms with Gasteiger partial charge in [-0.3, -0.25) is 4.79 Å². The molecule has 1 saturated carbocycles. The van der Waals surface area contributed by atoms with Gasteiger partial charge in [0.25, 0.3) is 5.91 Å². The largest absolute Gasteiger partial charge is 0.382 e. The standard InChI is InChI=1S/C15H24N4OS/c1-10-5-4-6-11(10)9-17-14(20)12-13(16)18-15(21-12)19-7-2-3-8-19/h10-11H,2-9,16H2,1H3,(H,17,20). The number of thiazole rings is 1. The van der Waals surface area contributed by atoms with Crippen molar-refractivity contribution in [2.45, 2.75) is 39.0 Å². The number of nitrogens with zero attached hydrogens (tertiary/aromatic N) is 2. The van der Waals surface area contributed by atoms with Crippen LogP contribution in [-0.2, 0) is 0 Å². The lowest BCUT2D eigenvalue weighted by Crippen LogP contribution is -2.30. The van der Waals surface area contributed by atoms with Crippen LogP contribution in [0.2, 0.25) is 0 Å². The fourth-order valence-electron chi connectivity index (χ4n) is 3.36. The molecule has 2 fully saturated rings. The second-order valence-corrected chi connectivity index (χ2v) is 7.26. The van der Waals surface area contributed by atoms with Gasteiger partial charge in [-0.15, -0.1) is 0 Å². The molecule has 0 radical (unpaired) electrons. The molecule has 2 heterocycles. The van der Waals surface area contributed by atoms with Gasteiger partial charge in [-0.1, -0.05) is 31.1 Å². The molecule has 21 heavy (non-hydrogen) atoms. The summed E-state index contributed by atoms with van der Waals surface area (Å²) in [7, 11) is 0. The maximum absolute atomic E-state index is 12.3. The van der Waals surface area contributed by atoms with Gasteiger partial charge in [0.2, 0.25) is 0 Å². The normalized spacial score (nSPS) is 25.5. The summed E-state index contributed by atoms with van der Waals surface area (Å²) in [6, 6.07) is 0. The summed E-state index contributed by atoms with van der Waals surface area (Å²) in [4.78, 5) is 19.5. The third-order valence-corrected chi connectivity index (χ3v) is 5.92. The van der Waals surface area contributed by atoms with E-state index in [-0.39, 0.29) is 5.91 Å². The number of nitrogens with one attached hydrogen (secondary N) is 1. The number of aromatic nitrogens is 1. The van der Waals surface area contributed by atoms with Crippen molar-refractivity contribution in [3.8, 4) is 0 Å². The van der Waals surface area contributed by atoms with Gasteiger partial charge in [0.15, 0.2) is 5.13 Å². The molecule has 2 aliphatic rings. The van der Waals surface area contributed by atoms with Gasteiger partial charge in [0, 0.05) is 19.6 Å². The molecule has 0 bridgehead atoms. The number of anilines is 2. The Labute approximate surface area is 129 Å². The summed E-state index contributed by atoms with van der Waals surface area (Å²) >= 11 is 1.43. The monoisotopic (exact) mass is 308 g/mol. The van der Waals surface area contributed by atoms with E-state index in [4.69, 9.17) is 5.73 Å². The zero-order chi connectivity index (χ0) is 14.8. The zero-order valence-corrected chi connectivity index (χ0v) is 13.4. The van der Waals surface area contributed by atoms with Gasteiger partial charge in [-0.25, -0.2) is 4.98 Å². The molecule has 1 aromatic rings. The number of nitrogens with two attached hydrogens (primary N) is 1. The van der Waals surface area contributed by atoms with Crippen LogP contribution in [-0.4, -0.2) is 30.5 Å². The molecule has 6 heteroatoms. The van der Waals surface area contributed by atoms with Crippen molar-refractivity contribution >= 4 is 28.2 Å². The van der Waals surface area contributed by atoms with Crippen molar-refractivity contribution in [3.63, 3.8) is 0 Å². The Balaban J connectivity index is 1.61. The highest BCUT2D eigenvalue weighted by Crippen LogP contribution is 2.32. The zero-order valence-electron chi connectivity index (χ0n) is 12.6. The molecule has 0 spiro atoms. The van der Waals surface area contributed by atoms with Crippen LogP contribution in [0.25, 0.3) is 0 Å². The maximum atomic E-state index is 12.3. The molecule has 5 nitrogen and oxygen atoms in total. The first-order valence-corrected chi connectivity index (χ1v) is 8.76. The van der Waals surface area contributed by atoms with Crippen molar-refractivity contribution in [1.82, 2.24) is 10.3 Å². The Hall–Kier alpha value is -1.30. The molecule has 1 amide bonds. The van der Waals surface area contributed by atoms with Crippen molar-refractivity contribution in [1.29, 1.82) is 0 Å². The van der Waals surface area contributed by atoms with Gasteiger partial charge in [-0.05, 0) is 31.1 Å². The summed E-state index contributed by atoms with van der Waals surface area (Å²) < 4.78 is 0. The Morgan fingerprint density at radius 2 is 2.14 bits per heavy atom. The van der Waals surface area contributed by atoms with Gasteiger partial charge < -0.3 is 16.0 Å². The van der Waals surface area contributed by atoms with Crippen LogP contribution < -0.4 is 16.0 Å². The summed E-state index contributed by atoms with van der Waals surface area (Å²) in [5.74, 6) is 1.64. The Morgan fingerprint density at radius 3 is 2.81 bits per heavy atom. The number of rotatable bonds is 4. The third kappa shape index (κ3) is 3.15. The number of hydrogen-bond donors (Lipinski definition) is 2. The van der Waals surface area contributed by atoms with Gasteiger partial charge >= 0.3 is 0 Å². The maximum Gasteiger partial charge on any atom is 0.265 e. The molecule has 1 aromatic heterocycles. The Bertz CT molecular complexity index is 510. The Kier molecular flexibility index (Phi) is 4.33. The SMILES string of the molecule is CC1CCCC1CNC(=O)c1sc(N2CCCC2)nc1N. The smallest absolute Gasteiger partial charge is 0.265 e. The molecular formula is C15H24N4OS. The van der Waals surface area contributed by atoms with E-state index in [2.05, 4.69) is 22.1 Å². The molecular weight excluding hydrogens is 284 g/mol. The quantitative estimate of drug-likeness (QED) is 0.896. The number of nitrogen functional groups attached to an aromatic ring is 1. The molecule has 2 atom stereocenters. The van der Waals surface area contributed by atoms with E-state index in [0.29, 0.717) is 22.5 Å². The lowest BCUT2D eigenvalue weighted by Gasteiger charge is -2.15. The summed E-state index contributed by atoms with van der Waals surface area (Å²) in [6.07, 6.45) is 6.17. The van der Waals surface area contributed by atoms with E-state index < -0.39 is 0 Å². The first-order chi connectivity index (χ1) is 10.1. The Morgan fingerprint density at radius 1 is 1.38 bits per heavy atom. The number of amides is 1. The molecule has 116 valence electrons. The average Bonchev–Trinajstić information content (AvgIpc) is 3.16. The second kappa shape index (κ2) is 6.22. The van der Waals surface area contributed by atoms with Crippen LogP contribution in [0.4, 0.5) is 10.9 Å². The van der Waals surface area contributed by atoms with Gasteiger partial charge in [-0.2, -0.15) is 0 Å². The topological polar surface area (TPSA) is 71.2 Å². The fourth-order valence-corrected chi connectivity index (χ4v) is 4.31. The molecule has 0 aromatic carbocycles. The predicted octanol–water partition coefficient (Wildman–Crippen LogP) is 2.49. The summed E-state index contributed by atoms with van der Waals surface area (Å²) in [5, 5.41) is 3.94. The van der Waals surface area contributed by atoms with Crippen LogP contribution in [0.15, 0.2) is 0 Å². The lowest BCUT2D eigenvalue weighted by molar-refractivity contribution is 0.0949. The summed E-state index contributed by atoms with van der Waals surface area (Å²) in [5.41, 5.74) is 5.93. The van der Waals surface area contributed by atoms with Crippen molar-refractivity contribution in [2.24, 2.45) is 11.8 Å². The highest BCUT2D eigenvalue weighted by Gasteiger charge is 2.25. The third-order valence-electron chi connectivity index (χ3n) is 4.79. The van der Waals surface area contributed by atoms with E-state index in [1.54, 1.807) is 0 Å². The first-order valence-electron chi connectivity index (χ1n) is 7.94. The average molecular weight is 308 g/mol. The van der Waals surface area contributed by atoms with Crippen LogP contribution in [0, 0.1) is 11.8 Å². The molecule has 1 aliphatic carbocycles. The molecule has 2 unspecified atom stereocenters. The van der Waals surface area contributed by atoms with Crippen molar-refractivity contribution in [2.75, 3.05) is 30.3 Å². The molecule has 1 aliphatic heterocycles. The van der Waals surface area contributed by atoms with E-state index in [1.807, 2.05) is 0 Å². The highest BCUT2D eigenvalue weighted by atomic mass is 32.1. The second-order valence-electron chi connectivity index (χ2n) is 6.28. The van der Waals surface area contributed by atoms with E-state index in [9.17, 15) is 4.79 Å². The minimum absolute atomic E-state index is 0.0606. The molecule has 3 N–H and O–H groups in total. The van der Waals surface area contributed by atoms with Crippen molar-refractivity contribution in [3.05, 3.63) is 4.88 Å².